The number of primary amides is 1. The van der Waals surface area contributed by atoms with Gasteiger partial charge in [0.2, 0.25) is 11.8 Å². The number of hydrogen-bond acceptors (Lipinski definition) is 6. The maximum Gasteiger partial charge on any atom is 1.00 e. The van der Waals surface area contributed by atoms with Gasteiger partial charge in [0.25, 0.3) is 0 Å². The van der Waals surface area contributed by atoms with E-state index in [1.165, 1.54) is 0 Å². The molecule has 0 heterocycles. The summed E-state index contributed by atoms with van der Waals surface area (Å²) in [5.41, 5.74) is 4.14. The number of nitrogens with two attached hydrogens (primary N) is 1. The first-order valence-corrected chi connectivity index (χ1v) is 12.0. The monoisotopic (exact) mass is 715 g/mol. The van der Waals surface area contributed by atoms with Gasteiger partial charge in [-0.15, -0.1) is 0 Å². The summed E-state index contributed by atoms with van der Waals surface area (Å²) in [4.78, 5) is 24.3. The summed E-state index contributed by atoms with van der Waals surface area (Å²) >= 11 is 0. The first kappa shape index (κ1) is 104. The summed E-state index contributed by atoms with van der Waals surface area (Å²) in [6.07, 6.45) is -0.663. The number of hydrogen-bond donors (Lipinski definition) is 3. The Hall–Kier alpha value is -0.270. The molecule has 12 heteroatoms. The number of likely N-dealkylation sites (N-methyl/N-ethyl adjacent to an activating group) is 2. The van der Waals surface area contributed by atoms with E-state index in [-0.39, 0.29) is 153 Å². The summed E-state index contributed by atoms with van der Waals surface area (Å²) in [5, 5.41) is 11.7. The van der Waals surface area contributed by atoms with Crippen molar-refractivity contribution >= 4 is 21.9 Å². The summed E-state index contributed by atoms with van der Waals surface area (Å²) in [7, 11) is 4.96. The molecule has 3 unspecified atom stereocenters. The van der Waals surface area contributed by atoms with Crippen LogP contribution in [0, 0.1) is 11.3 Å². The number of aliphatic hydroxyl groups is 1. The van der Waals surface area contributed by atoms with Gasteiger partial charge in [0, 0.05) is 11.3 Å². The van der Waals surface area contributed by atoms with Crippen molar-refractivity contribution < 1.29 is 66.2 Å². The summed E-state index contributed by atoms with van der Waals surface area (Å²) in [6.45, 7) is 6.03. The number of quaternary nitrogens is 2. The second kappa shape index (κ2) is 40.9. The Kier molecular flexibility index (Phi) is 92.0. The maximum absolute atomic E-state index is 12.8. The Labute approximate surface area is 319 Å². The van der Waals surface area contributed by atoms with Crippen LogP contribution >= 0.6 is 0 Å². The molecule has 296 valence electrons. The van der Waals surface area contributed by atoms with Gasteiger partial charge in [-0.3, -0.25) is 9.59 Å². The second-order valence-corrected chi connectivity index (χ2v) is 12.5. The van der Waals surface area contributed by atoms with Gasteiger partial charge in [0.05, 0.1) is 50.6 Å². The first-order valence-electron chi connectivity index (χ1n) is 10.5. The zero-order valence-electron chi connectivity index (χ0n) is 21.3. The number of aliphatic hydroxyl groups excluding tert-OH is 1. The molecule has 0 aliphatic rings. The van der Waals surface area contributed by atoms with Crippen LogP contribution < -0.4 is 40.6 Å². The number of carbonyl (C=O) groups is 2. The smallest absolute Gasteiger partial charge is 0.748 e. The normalized spacial score (nSPS) is 11.1. The van der Waals surface area contributed by atoms with E-state index >= 15 is 0 Å². The van der Waals surface area contributed by atoms with Gasteiger partial charge in [-0.1, -0.05) is 125 Å². The van der Waals surface area contributed by atoms with Crippen molar-refractivity contribution in [2.45, 2.75) is 155 Å². The van der Waals surface area contributed by atoms with Gasteiger partial charge >= 0.3 is 29.6 Å². The summed E-state index contributed by atoms with van der Waals surface area (Å²) in [5.74, 6) is -1.81. The number of nitrogens with zero attached hydrogens (tertiary/aromatic N) is 2. The van der Waals surface area contributed by atoms with Crippen LogP contribution in [0.25, 0.3) is 0 Å². The topological polar surface area (TPSA) is 150 Å². The fourth-order valence-electron chi connectivity index (χ4n) is 3.62. The second-order valence-electron chi connectivity index (χ2n) is 10.9. The molecule has 0 aromatic rings. The average Bonchev–Trinajstić information content (AvgIpc) is 2.52. The van der Waals surface area contributed by atoms with E-state index in [0.717, 1.165) is 0 Å². The van der Waals surface area contributed by atoms with E-state index in [0.29, 0.717) is 28.5 Å². The zero-order chi connectivity index (χ0) is 24.8. The van der Waals surface area contributed by atoms with E-state index in [1.807, 2.05) is 35.2 Å². The van der Waals surface area contributed by atoms with Crippen molar-refractivity contribution in [1.82, 2.24) is 5.32 Å². The molecule has 0 radical (unpaired) electrons. The molecule has 0 aromatic heterocycles. The quantitative estimate of drug-likeness (QED) is 0.0957. The van der Waals surface area contributed by atoms with E-state index in [1.54, 1.807) is 20.8 Å². The largest absolute Gasteiger partial charge is 1.00 e. The molecule has 0 saturated heterocycles. The molecule has 4 N–H and O–H groups in total. The van der Waals surface area contributed by atoms with E-state index in [4.69, 9.17) is 5.73 Å². The third-order valence-corrected chi connectivity index (χ3v) is 6.51. The van der Waals surface area contributed by atoms with Crippen molar-refractivity contribution in [2.24, 2.45) is 17.1 Å². The van der Waals surface area contributed by atoms with Gasteiger partial charge in [-0.25, -0.2) is 8.42 Å². The Morgan fingerprint density at radius 2 is 1.15 bits per heavy atom. The Morgan fingerprint density at radius 1 is 0.804 bits per heavy atom. The third kappa shape index (κ3) is 43.7. The minimum Gasteiger partial charge on any atom is -0.748 e. The Balaban J connectivity index is -0.0000000429. The van der Waals surface area contributed by atoms with Crippen LogP contribution in [0.1, 0.15) is 144 Å². The number of rotatable bonds is 14. The minimum absolute atomic E-state index is 0. The van der Waals surface area contributed by atoms with Gasteiger partial charge in [-0.05, 0) is 19.3 Å². The predicted octanol–water partition coefficient (Wildman–Crippen LogP) is 5.34. The summed E-state index contributed by atoms with van der Waals surface area (Å²) < 4.78 is 36.3. The molecule has 0 aliphatic carbocycles. The molecule has 10 nitrogen and oxygen atoms in total. The fraction of sp³-hybridized carbons (Fsp3) is 0.941. The Morgan fingerprint density at radius 3 is 1.41 bits per heavy atom. The molecule has 0 fully saturated rings. The van der Waals surface area contributed by atoms with Crippen molar-refractivity contribution in [1.29, 1.82) is 0 Å². The predicted molar refractivity (Wildman–Crippen MR) is 213 cm³/mol. The molecule has 3 atom stereocenters. The van der Waals surface area contributed by atoms with Crippen LogP contribution in [0.5, 0.6) is 0 Å². The molecule has 0 bridgehead atoms. The van der Waals surface area contributed by atoms with Gasteiger partial charge < -0.3 is 29.7 Å². The molecule has 0 saturated carbocycles. The molecule has 2 amide bonds. The number of amides is 2. The number of carbonyl (C=O) groups excluding carboxylic acids is 2. The molecule has 0 aliphatic heterocycles. The molecule has 0 spiro atoms. The number of nitrogens with one attached hydrogen (secondary N) is 1. The first-order chi connectivity index (χ1) is 13.7. The van der Waals surface area contributed by atoms with E-state index < -0.39 is 44.6 Å². The molecule has 46 heavy (non-hydrogen) atoms. The van der Waals surface area contributed by atoms with Crippen LogP contribution in [0.4, 0.5) is 0 Å². The van der Waals surface area contributed by atoms with E-state index in [2.05, 4.69) is 5.32 Å². The molecular formula is C34H99N4NaO6S+2. The van der Waals surface area contributed by atoms with Crippen molar-refractivity contribution in [2.75, 3.05) is 55.0 Å². The van der Waals surface area contributed by atoms with Crippen LogP contribution in [-0.4, -0.2) is 105 Å². The van der Waals surface area contributed by atoms with Crippen LogP contribution in [-0.2, 0) is 19.7 Å². The minimum atomic E-state index is -4.72. The van der Waals surface area contributed by atoms with Crippen molar-refractivity contribution in [3.8, 4) is 0 Å². The average molecular weight is 715 g/mol. The van der Waals surface area contributed by atoms with E-state index in [9.17, 15) is 27.7 Å². The fourth-order valence-corrected chi connectivity index (χ4v) is 4.71. The molecule has 0 rings (SSSR count). The van der Waals surface area contributed by atoms with Crippen LogP contribution in [0.15, 0.2) is 0 Å². The molecular weight excluding hydrogens is 615 g/mol. The van der Waals surface area contributed by atoms with Crippen molar-refractivity contribution in [3.63, 3.8) is 0 Å². The summed E-state index contributed by atoms with van der Waals surface area (Å²) in [6, 6.07) is 0. The Bertz CT molecular complexity index is 730. The van der Waals surface area contributed by atoms with Crippen LogP contribution in [0.2, 0.25) is 0 Å². The van der Waals surface area contributed by atoms with Gasteiger partial charge in [0.1, 0.15) is 13.1 Å². The molecule has 0 aromatic carbocycles. The SMILES string of the molecule is C.C.C.C.C.C.C.C.C.C.C.C.C.C.CCC(CC(CC(C)(C)C(=O)NC[N+](C)(C)CC(O)C[N+](C)(C)C)S(=O)(=O)[O-])C(N)=O.[Na+]. The zero-order valence-corrected chi connectivity index (χ0v) is 24.2. The maximum atomic E-state index is 12.8. The standard InChI is InChI=1S/C20H42N4O6S.14CH4.Na/c1-9-15(18(21)26)10-17(31(28,29)30)11-20(2,3)19(27)22-14-24(7,8)13-16(25)12-23(4,5)6;;;;;;;;;;;;;;;/h15-17,25H,9-14H2,1-8H3,(H2-2,21,22,26,27,28,29,30);14*1H4;/q;;;;;;;;;;;;;;;+1/p+1. The van der Waals surface area contributed by atoms with Crippen LogP contribution in [0.3, 0.4) is 0 Å². The van der Waals surface area contributed by atoms with Crippen molar-refractivity contribution in [3.05, 3.63) is 0 Å². The van der Waals surface area contributed by atoms with Gasteiger partial charge in [-0.2, -0.15) is 0 Å². The third-order valence-electron chi connectivity index (χ3n) is 5.33. The van der Waals surface area contributed by atoms with Gasteiger partial charge in [0.15, 0.2) is 12.8 Å².